The molecule has 0 aromatic heterocycles. The van der Waals surface area contributed by atoms with Crippen molar-refractivity contribution >= 4 is 12.1 Å². The van der Waals surface area contributed by atoms with Crippen molar-refractivity contribution in [2.75, 3.05) is 6.61 Å². The average Bonchev–Trinajstić information content (AvgIpc) is 2.19. The first-order valence-electron chi connectivity index (χ1n) is 7.16. The highest BCUT2D eigenvalue weighted by Crippen LogP contribution is 2.15. The van der Waals surface area contributed by atoms with E-state index < -0.39 is 23.3 Å². The van der Waals surface area contributed by atoms with E-state index >= 15 is 0 Å². The summed E-state index contributed by atoms with van der Waals surface area (Å²) in [5, 5.41) is 11.9. The van der Waals surface area contributed by atoms with E-state index in [4.69, 9.17) is 9.47 Å². The van der Waals surface area contributed by atoms with Crippen LogP contribution in [0.25, 0.3) is 0 Å². The van der Waals surface area contributed by atoms with Gasteiger partial charge in [-0.1, -0.05) is 6.92 Å². The fourth-order valence-electron chi connectivity index (χ4n) is 1.62. The van der Waals surface area contributed by atoms with Gasteiger partial charge >= 0.3 is 12.1 Å². The van der Waals surface area contributed by atoms with Gasteiger partial charge in [-0.25, -0.2) is 4.79 Å². The average molecular weight is 303 g/mol. The van der Waals surface area contributed by atoms with Crippen molar-refractivity contribution in [2.45, 2.75) is 72.1 Å². The number of amides is 1. The van der Waals surface area contributed by atoms with Crippen LogP contribution in [0.4, 0.5) is 4.79 Å². The summed E-state index contributed by atoms with van der Waals surface area (Å²) in [5.74, 6) is -0.628. The first kappa shape index (κ1) is 19.7. The van der Waals surface area contributed by atoms with E-state index in [1.165, 1.54) is 0 Å². The van der Waals surface area contributed by atoms with Crippen molar-refractivity contribution in [3.63, 3.8) is 0 Å². The summed E-state index contributed by atoms with van der Waals surface area (Å²) in [5.41, 5.74) is -1.16. The molecule has 0 heterocycles. The van der Waals surface area contributed by atoms with Gasteiger partial charge in [0.05, 0.1) is 19.1 Å². The number of ether oxygens (including phenoxy) is 2. The smallest absolute Gasteiger partial charge is 0.407 e. The molecule has 0 spiro atoms. The lowest BCUT2D eigenvalue weighted by Gasteiger charge is -2.27. The third-order valence-corrected chi connectivity index (χ3v) is 2.49. The third-order valence-electron chi connectivity index (χ3n) is 2.49. The molecule has 0 aliphatic heterocycles. The number of rotatable bonds is 5. The number of carbonyl (C=O) groups excluding carboxylic acids is 2. The van der Waals surface area contributed by atoms with Gasteiger partial charge in [0, 0.05) is 0 Å². The molecule has 0 aliphatic rings. The normalized spacial score (nSPS) is 15.0. The maximum atomic E-state index is 11.8. The van der Waals surface area contributed by atoms with Gasteiger partial charge in [0.25, 0.3) is 0 Å². The van der Waals surface area contributed by atoms with Crippen LogP contribution >= 0.6 is 0 Å². The minimum atomic E-state index is -0.613. The minimum Gasteiger partial charge on any atom is -0.460 e. The molecule has 2 atom stereocenters. The molecule has 2 N–H and O–H groups in total. The van der Waals surface area contributed by atoms with Crippen molar-refractivity contribution in [3.05, 3.63) is 0 Å². The molecule has 0 saturated carbocycles. The minimum absolute atomic E-state index is 0.109. The van der Waals surface area contributed by atoms with Gasteiger partial charge in [-0.2, -0.15) is 0 Å². The Kier molecular flexibility index (Phi) is 7.16. The topological polar surface area (TPSA) is 84.9 Å². The van der Waals surface area contributed by atoms with Crippen molar-refractivity contribution in [1.82, 2.24) is 5.32 Å². The summed E-state index contributed by atoms with van der Waals surface area (Å²) in [6.45, 7) is 12.1. The van der Waals surface area contributed by atoms with Gasteiger partial charge in [0.2, 0.25) is 0 Å². The van der Waals surface area contributed by atoms with Gasteiger partial charge in [-0.15, -0.1) is 0 Å². The molecular formula is C15H29NO5. The zero-order valence-corrected chi connectivity index (χ0v) is 14.1. The summed E-state index contributed by atoms with van der Waals surface area (Å²) in [7, 11) is 0. The molecule has 0 aliphatic carbocycles. The highest BCUT2D eigenvalue weighted by atomic mass is 16.6. The first-order valence-corrected chi connectivity index (χ1v) is 7.16. The molecule has 0 aromatic carbocycles. The summed E-state index contributed by atoms with van der Waals surface area (Å²) < 4.78 is 10.4. The quantitative estimate of drug-likeness (QED) is 0.761. The lowest BCUT2D eigenvalue weighted by molar-refractivity contribution is -0.156. The lowest BCUT2D eigenvalue weighted by Crippen LogP contribution is -2.45. The number of hydrogen-bond donors (Lipinski definition) is 2. The number of hydrogen-bond acceptors (Lipinski definition) is 5. The molecular weight excluding hydrogens is 274 g/mol. The summed E-state index contributed by atoms with van der Waals surface area (Å²) in [6, 6.07) is -0.563. The van der Waals surface area contributed by atoms with Crippen molar-refractivity contribution < 1.29 is 24.2 Å². The van der Waals surface area contributed by atoms with Crippen LogP contribution in [-0.2, 0) is 14.3 Å². The second-order valence-corrected chi connectivity index (χ2v) is 7.20. The number of nitrogens with one attached hydrogen (secondary N) is 1. The van der Waals surface area contributed by atoms with E-state index in [0.29, 0.717) is 0 Å². The lowest BCUT2D eigenvalue weighted by atomic mass is 9.99. The zero-order chi connectivity index (χ0) is 16.8. The molecule has 0 radical (unpaired) electrons. The fraction of sp³-hybridized carbons (Fsp3) is 0.867. The Morgan fingerprint density at radius 3 is 1.90 bits per heavy atom. The van der Waals surface area contributed by atoms with Crippen LogP contribution in [-0.4, -0.2) is 41.0 Å². The van der Waals surface area contributed by atoms with E-state index in [1.54, 1.807) is 48.5 Å². The second-order valence-electron chi connectivity index (χ2n) is 7.20. The Morgan fingerprint density at radius 1 is 1.05 bits per heavy atom. The molecule has 0 fully saturated rings. The summed E-state index contributed by atoms with van der Waals surface area (Å²) >= 11 is 0. The Balaban J connectivity index is 4.46. The molecule has 21 heavy (non-hydrogen) atoms. The van der Waals surface area contributed by atoms with Crippen LogP contribution in [0, 0.1) is 5.92 Å². The fourth-order valence-corrected chi connectivity index (χ4v) is 1.62. The number of aliphatic hydroxyl groups is 1. The maximum Gasteiger partial charge on any atom is 0.407 e. The van der Waals surface area contributed by atoms with Gasteiger partial charge in [-0.3, -0.25) is 4.79 Å². The van der Waals surface area contributed by atoms with E-state index in [1.807, 2.05) is 0 Å². The van der Waals surface area contributed by atoms with Crippen molar-refractivity contribution in [1.29, 1.82) is 0 Å². The van der Waals surface area contributed by atoms with Crippen LogP contribution in [0.1, 0.15) is 54.9 Å². The molecule has 6 nitrogen and oxygen atoms in total. The molecule has 1 unspecified atom stereocenters. The van der Waals surface area contributed by atoms with Crippen LogP contribution in [0.5, 0.6) is 0 Å². The van der Waals surface area contributed by atoms with Gasteiger partial charge in [-0.05, 0) is 47.5 Å². The van der Waals surface area contributed by atoms with Gasteiger partial charge < -0.3 is 19.9 Å². The van der Waals surface area contributed by atoms with Crippen LogP contribution in [0.2, 0.25) is 0 Å². The predicted molar refractivity (Wildman–Crippen MR) is 79.9 cm³/mol. The van der Waals surface area contributed by atoms with Crippen LogP contribution in [0.15, 0.2) is 0 Å². The zero-order valence-electron chi connectivity index (χ0n) is 14.1. The molecule has 0 rings (SSSR count). The Labute approximate surface area is 127 Å². The van der Waals surface area contributed by atoms with E-state index in [-0.39, 0.29) is 24.9 Å². The number of alkyl carbamates (subject to hydrolysis) is 1. The SMILES string of the molecule is C[C@@H](CC(=O)OC(C)(C)C)C(CO)NC(=O)OC(C)(C)C. The molecule has 0 bridgehead atoms. The number of aliphatic hydroxyl groups excluding tert-OH is 1. The predicted octanol–water partition coefficient (Wildman–Crippen LogP) is 2.24. The van der Waals surface area contributed by atoms with Crippen molar-refractivity contribution in [3.8, 4) is 0 Å². The maximum absolute atomic E-state index is 11.8. The van der Waals surface area contributed by atoms with Crippen LogP contribution < -0.4 is 5.32 Å². The molecule has 6 heteroatoms. The molecule has 0 aromatic rings. The number of esters is 1. The van der Waals surface area contributed by atoms with Crippen molar-refractivity contribution in [2.24, 2.45) is 5.92 Å². The Hall–Kier alpha value is -1.30. The molecule has 1 amide bonds. The molecule has 124 valence electrons. The Morgan fingerprint density at radius 2 is 1.52 bits per heavy atom. The largest absolute Gasteiger partial charge is 0.460 e. The highest BCUT2D eigenvalue weighted by molar-refractivity contribution is 5.71. The monoisotopic (exact) mass is 303 g/mol. The third kappa shape index (κ3) is 10.1. The highest BCUT2D eigenvalue weighted by Gasteiger charge is 2.26. The number of carbonyl (C=O) groups is 2. The van der Waals surface area contributed by atoms with Gasteiger partial charge in [0.1, 0.15) is 11.2 Å². The molecule has 0 saturated heterocycles. The summed E-state index contributed by atoms with van der Waals surface area (Å²) in [6.07, 6.45) is -0.504. The Bertz CT molecular complexity index is 354. The second kappa shape index (κ2) is 7.64. The van der Waals surface area contributed by atoms with E-state index in [2.05, 4.69) is 5.32 Å². The van der Waals surface area contributed by atoms with Crippen LogP contribution in [0.3, 0.4) is 0 Å². The first-order chi connectivity index (χ1) is 9.34. The summed E-state index contributed by atoms with van der Waals surface area (Å²) in [4.78, 5) is 23.4. The standard InChI is InChI=1S/C15H29NO5/c1-10(8-12(18)20-14(2,3)4)11(9-17)16-13(19)21-15(5,6)7/h10-11,17H,8-9H2,1-7H3,(H,16,19)/t10-,11?/m0/s1. The van der Waals surface area contributed by atoms with E-state index in [0.717, 1.165) is 0 Å². The van der Waals surface area contributed by atoms with Gasteiger partial charge in [0.15, 0.2) is 0 Å². The van der Waals surface area contributed by atoms with E-state index in [9.17, 15) is 14.7 Å².